The van der Waals surface area contributed by atoms with Crippen molar-refractivity contribution in [3.05, 3.63) is 81.7 Å². The van der Waals surface area contributed by atoms with Gasteiger partial charge >= 0.3 is 0 Å². The van der Waals surface area contributed by atoms with E-state index < -0.39 is 11.6 Å². The molecular formula is C15H13N3O. The standard InChI is InChI=1S/C15H13N3O/c16-18-17-14-10-11-6-4-5-9-13(11)15(14,19)12-7-2-1-3-8-12/h1-9,14,19H,10H2. The van der Waals surface area contributed by atoms with Crippen LogP contribution in [-0.2, 0) is 12.0 Å². The van der Waals surface area contributed by atoms with Crippen molar-refractivity contribution in [2.45, 2.75) is 18.1 Å². The molecule has 19 heavy (non-hydrogen) atoms. The van der Waals surface area contributed by atoms with Crippen molar-refractivity contribution >= 4 is 0 Å². The smallest absolute Gasteiger partial charge is 0.124 e. The number of rotatable bonds is 2. The molecule has 1 aliphatic rings. The molecule has 0 aromatic heterocycles. The summed E-state index contributed by atoms with van der Waals surface area (Å²) in [6.07, 6.45) is 0.561. The van der Waals surface area contributed by atoms with Crippen LogP contribution in [0.25, 0.3) is 10.4 Å². The predicted molar refractivity (Wildman–Crippen MR) is 72.5 cm³/mol. The van der Waals surface area contributed by atoms with Crippen molar-refractivity contribution in [3.8, 4) is 0 Å². The average molecular weight is 251 g/mol. The van der Waals surface area contributed by atoms with Crippen LogP contribution in [0.3, 0.4) is 0 Å². The van der Waals surface area contributed by atoms with E-state index in [9.17, 15) is 5.11 Å². The number of azide groups is 1. The minimum Gasteiger partial charge on any atom is -0.380 e. The Morgan fingerprint density at radius 2 is 1.79 bits per heavy atom. The minimum atomic E-state index is -1.23. The number of aliphatic hydroxyl groups is 1. The average Bonchev–Trinajstić information content (AvgIpc) is 2.75. The maximum absolute atomic E-state index is 11.1. The summed E-state index contributed by atoms with van der Waals surface area (Å²) in [6.45, 7) is 0. The Kier molecular flexibility index (Phi) is 2.75. The quantitative estimate of drug-likeness (QED) is 0.497. The van der Waals surface area contributed by atoms with Gasteiger partial charge in [0.2, 0.25) is 0 Å². The summed E-state index contributed by atoms with van der Waals surface area (Å²) in [6, 6.07) is 16.6. The Labute approximate surface area is 111 Å². The van der Waals surface area contributed by atoms with Crippen molar-refractivity contribution < 1.29 is 5.11 Å². The molecule has 2 aromatic rings. The van der Waals surface area contributed by atoms with Crippen LogP contribution in [0.2, 0.25) is 0 Å². The predicted octanol–water partition coefficient (Wildman–Crippen LogP) is 3.16. The van der Waals surface area contributed by atoms with E-state index in [1.54, 1.807) is 0 Å². The number of hydrogen-bond donors (Lipinski definition) is 1. The van der Waals surface area contributed by atoms with E-state index in [1.165, 1.54) is 0 Å². The molecule has 2 unspecified atom stereocenters. The molecule has 0 amide bonds. The topological polar surface area (TPSA) is 69.0 Å². The van der Waals surface area contributed by atoms with Crippen molar-refractivity contribution in [2.75, 3.05) is 0 Å². The first-order valence-corrected chi connectivity index (χ1v) is 6.17. The third kappa shape index (κ3) is 1.70. The van der Waals surface area contributed by atoms with Gasteiger partial charge < -0.3 is 5.11 Å². The minimum absolute atomic E-state index is 0.503. The maximum atomic E-state index is 11.1. The van der Waals surface area contributed by atoms with Crippen molar-refractivity contribution in [1.82, 2.24) is 0 Å². The lowest BCUT2D eigenvalue weighted by Gasteiger charge is -2.29. The van der Waals surface area contributed by atoms with Crippen LogP contribution in [0.4, 0.5) is 0 Å². The molecule has 3 rings (SSSR count). The summed E-state index contributed by atoms with van der Waals surface area (Å²) in [7, 11) is 0. The Hall–Kier alpha value is -2.29. The van der Waals surface area contributed by atoms with Gasteiger partial charge in [-0.25, -0.2) is 0 Å². The molecule has 0 radical (unpaired) electrons. The van der Waals surface area contributed by atoms with Crippen LogP contribution in [-0.4, -0.2) is 11.1 Å². The van der Waals surface area contributed by atoms with E-state index in [0.29, 0.717) is 6.42 Å². The molecule has 2 atom stereocenters. The van der Waals surface area contributed by atoms with Gasteiger partial charge in [0, 0.05) is 4.91 Å². The third-order valence-corrected chi connectivity index (χ3v) is 3.73. The van der Waals surface area contributed by atoms with Crippen LogP contribution in [0.5, 0.6) is 0 Å². The highest BCUT2D eigenvalue weighted by atomic mass is 16.3. The lowest BCUT2D eigenvalue weighted by molar-refractivity contribution is 0.0644. The second kappa shape index (κ2) is 4.43. The second-order valence-corrected chi connectivity index (χ2v) is 4.71. The molecule has 0 aliphatic heterocycles. The Balaban J connectivity index is 2.22. The van der Waals surface area contributed by atoms with E-state index in [0.717, 1.165) is 16.7 Å². The van der Waals surface area contributed by atoms with E-state index in [-0.39, 0.29) is 0 Å². The second-order valence-electron chi connectivity index (χ2n) is 4.71. The summed E-state index contributed by atoms with van der Waals surface area (Å²) >= 11 is 0. The number of benzene rings is 2. The highest BCUT2D eigenvalue weighted by Crippen LogP contribution is 2.43. The van der Waals surface area contributed by atoms with E-state index in [2.05, 4.69) is 10.0 Å². The number of fused-ring (bicyclic) bond motifs is 1. The molecule has 4 heteroatoms. The summed E-state index contributed by atoms with van der Waals surface area (Å²) in [5.74, 6) is 0. The normalized spacial score (nSPS) is 24.6. The van der Waals surface area contributed by atoms with Crippen LogP contribution in [0.15, 0.2) is 59.7 Å². The molecule has 0 heterocycles. The largest absolute Gasteiger partial charge is 0.380 e. The van der Waals surface area contributed by atoms with E-state index >= 15 is 0 Å². The first kappa shape index (κ1) is 11.8. The first-order valence-electron chi connectivity index (χ1n) is 6.17. The van der Waals surface area contributed by atoms with Gasteiger partial charge in [-0.3, -0.25) is 0 Å². The van der Waals surface area contributed by atoms with Crippen LogP contribution in [0, 0.1) is 0 Å². The Morgan fingerprint density at radius 1 is 1.11 bits per heavy atom. The number of hydrogen-bond acceptors (Lipinski definition) is 2. The lowest BCUT2D eigenvalue weighted by Crippen LogP contribution is -2.35. The molecule has 2 aromatic carbocycles. The molecular weight excluding hydrogens is 238 g/mol. The fourth-order valence-electron chi connectivity index (χ4n) is 2.83. The SMILES string of the molecule is [N-]=[N+]=NC1Cc2ccccc2C1(O)c1ccccc1. The van der Waals surface area contributed by atoms with Crippen molar-refractivity contribution in [1.29, 1.82) is 0 Å². The molecule has 1 N–H and O–H groups in total. The number of nitrogens with zero attached hydrogens (tertiary/aromatic N) is 3. The fraction of sp³-hybridized carbons (Fsp3) is 0.200. The summed E-state index contributed by atoms with van der Waals surface area (Å²) < 4.78 is 0. The van der Waals surface area contributed by atoms with Crippen molar-refractivity contribution in [2.24, 2.45) is 5.11 Å². The molecule has 1 aliphatic carbocycles. The molecule has 4 nitrogen and oxygen atoms in total. The van der Waals surface area contributed by atoms with Crippen molar-refractivity contribution in [3.63, 3.8) is 0 Å². The molecule has 0 bridgehead atoms. The third-order valence-electron chi connectivity index (χ3n) is 3.73. The van der Waals surface area contributed by atoms with Gasteiger partial charge in [0.15, 0.2) is 0 Å². The lowest BCUT2D eigenvalue weighted by atomic mass is 9.85. The van der Waals surface area contributed by atoms with Gasteiger partial charge in [0.25, 0.3) is 0 Å². The molecule has 0 saturated heterocycles. The van der Waals surface area contributed by atoms with Crippen LogP contribution < -0.4 is 0 Å². The van der Waals surface area contributed by atoms with Gasteiger partial charge in [0.1, 0.15) is 5.60 Å². The maximum Gasteiger partial charge on any atom is 0.124 e. The van der Waals surface area contributed by atoms with Gasteiger partial charge in [-0.15, -0.1) is 0 Å². The van der Waals surface area contributed by atoms with Gasteiger partial charge in [-0.05, 0) is 28.6 Å². The van der Waals surface area contributed by atoms with Gasteiger partial charge in [0.05, 0.1) is 6.04 Å². The molecule has 0 saturated carbocycles. The fourth-order valence-corrected chi connectivity index (χ4v) is 2.83. The zero-order valence-electron chi connectivity index (χ0n) is 10.3. The highest BCUT2D eigenvalue weighted by molar-refractivity contribution is 5.48. The summed E-state index contributed by atoms with van der Waals surface area (Å²) in [4.78, 5) is 2.89. The summed E-state index contributed by atoms with van der Waals surface area (Å²) in [5.41, 5.74) is 10.1. The Bertz CT molecular complexity index is 649. The highest BCUT2D eigenvalue weighted by Gasteiger charge is 2.46. The van der Waals surface area contributed by atoms with Crippen LogP contribution >= 0.6 is 0 Å². The summed E-state index contributed by atoms with van der Waals surface area (Å²) in [5, 5.41) is 14.9. The molecule has 94 valence electrons. The van der Waals surface area contributed by atoms with Gasteiger partial charge in [-0.2, -0.15) is 0 Å². The molecule has 0 fully saturated rings. The zero-order chi connectivity index (χ0) is 13.3. The van der Waals surface area contributed by atoms with Gasteiger partial charge in [-0.1, -0.05) is 59.7 Å². The Morgan fingerprint density at radius 3 is 2.53 bits per heavy atom. The first-order chi connectivity index (χ1) is 9.26. The van der Waals surface area contributed by atoms with Crippen LogP contribution in [0.1, 0.15) is 16.7 Å². The zero-order valence-corrected chi connectivity index (χ0v) is 10.3. The molecule has 0 spiro atoms. The van der Waals surface area contributed by atoms with E-state index in [1.807, 2.05) is 54.6 Å². The van der Waals surface area contributed by atoms with E-state index in [4.69, 9.17) is 5.53 Å². The monoisotopic (exact) mass is 251 g/mol.